The number of aromatic amines is 1. The molecule has 3 rings (SSSR count). The van der Waals surface area contributed by atoms with E-state index in [9.17, 15) is 9.18 Å². The molecule has 0 spiro atoms. The molecule has 0 unspecified atom stereocenters. The smallest absolute Gasteiger partial charge is 0.337 e. The summed E-state index contributed by atoms with van der Waals surface area (Å²) in [4.78, 5) is 22.9. The van der Waals surface area contributed by atoms with Gasteiger partial charge in [-0.05, 0) is 36.8 Å². The fourth-order valence-corrected chi connectivity index (χ4v) is 2.59. The first kappa shape index (κ1) is 16.1. The van der Waals surface area contributed by atoms with Gasteiger partial charge in [0.15, 0.2) is 11.0 Å². The number of aromatic nitrogens is 3. The number of H-pyrrole nitrogens is 1. The highest BCUT2D eigenvalue weighted by atomic mass is 35.5. The summed E-state index contributed by atoms with van der Waals surface area (Å²) >= 11 is 6.23. The molecule has 1 N–H and O–H groups in total. The topological polar surface area (TPSA) is 67.9 Å². The van der Waals surface area contributed by atoms with Crippen molar-refractivity contribution in [2.75, 3.05) is 7.11 Å². The molecule has 5 nitrogen and oxygen atoms in total. The fourth-order valence-electron chi connectivity index (χ4n) is 2.36. The molecule has 1 aromatic carbocycles. The van der Waals surface area contributed by atoms with Gasteiger partial charge in [0, 0.05) is 5.56 Å². The monoisotopic (exact) mass is 345 g/mol. The Morgan fingerprint density at radius 3 is 2.71 bits per heavy atom. The zero-order valence-electron chi connectivity index (χ0n) is 12.9. The van der Waals surface area contributed by atoms with Crippen LogP contribution in [0.15, 0.2) is 36.5 Å². The normalized spacial score (nSPS) is 10.7. The molecule has 122 valence electrons. The van der Waals surface area contributed by atoms with Crippen molar-refractivity contribution in [3.63, 3.8) is 0 Å². The minimum atomic E-state index is -0.425. The molecule has 7 heteroatoms. The van der Waals surface area contributed by atoms with Crippen molar-refractivity contribution in [1.29, 1.82) is 0 Å². The zero-order chi connectivity index (χ0) is 17.3. The number of nitrogens with zero attached hydrogens (tertiary/aromatic N) is 2. The van der Waals surface area contributed by atoms with Gasteiger partial charge in [-0.15, -0.1) is 0 Å². The first-order chi connectivity index (χ1) is 11.5. The predicted octanol–water partition coefficient (Wildman–Crippen LogP) is 4.03. The van der Waals surface area contributed by atoms with Gasteiger partial charge in [0.05, 0.1) is 24.6 Å². The number of imidazole rings is 1. The van der Waals surface area contributed by atoms with Gasteiger partial charge in [-0.3, -0.25) is 0 Å². The maximum atomic E-state index is 13.0. The molecule has 2 aromatic heterocycles. The molecular formula is C17H13ClFN3O2. The van der Waals surface area contributed by atoms with Crippen molar-refractivity contribution in [2.45, 2.75) is 6.92 Å². The Morgan fingerprint density at radius 1 is 1.29 bits per heavy atom. The number of hydrogen-bond donors (Lipinski definition) is 1. The predicted molar refractivity (Wildman–Crippen MR) is 88.3 cm³/mol. The summed E-state index contributed by atoms with van der Waals surface area (Å²) in [5, 5.41) is 0.269. The van der Waals surface area contributed by atoms with Crippen LogP contribution in [-0.4, -0.2) is 28.0 Å². The van der Waals surface area contributed by atoms with E-state index in [-0.39, 0.29) is 5.15 Å². The molecule has 2 heterocycles. The summed E-state index contributed by atoms with van der Waals surface area (Å²) in [5.74, 6) is -0.395. The lowest BCUT2D eigenvalue weighted by Gasteiger charge is -2.06. The van der Waals surface area contributed by atoms with Crippen molar-refractivity contribution >= 4 is 17.6 Å². The molecule has 0 aliphatic carbocycles. The molecule has 0 radical (unpaired) electrons. The minimum absolute atomic E-state index is 0.269. The van der Waals surface area contributed by atoms with Gasteiger partial charge in [-0.25, -0.2) is 19.2 Å². The number of halogens is 2. The van der Waals surface area contributed by atoms with Crippen molar-refractivity contribution in [3.05, 3.63) is 58.6 Å². The Morgan fingerprint density at radius 2 is 2.08 bits per heavy atom. The third-order valence-corrected chi connectivity index (χ3v) is 3.82. The molecule has 0 bridgehead atoms. The first-order valence-electron chi connectivity index (χ1n) is 7.06. The SMILES string of the molecule is COC(=O)c1ccc(-c2[nH]c(-c3ccc(F)cn3)nc2Cl)c(C)c1. The highest BCUT2D eigenvalue weighted by Crippen LogP contribution is 2.31. The molecule has 24 heavy (non-hydrogen) atoms. The lowest BCUT2D eigenvalue weighted by atomic mass is 10.0. The lowest BCUT2D eigenvalue weighted by Crippen LogP contribution is -2.01. The van der Waals surface area contributed by atoms with Crippen LogP contribution in [0.2, 0.25) is 5.15 Å². The largest absolute Gasteiger partial charge is 0.465 e. The van der Waals surface area contributed by atoms with Gasteiger partial charge in [0.1, 0.15) is 11.5 Å². The van der Waals surface area contributed by atoms with Gasteiger partial charge in [0.25, 0.3) is 0 Å². The van der Waals surface area contributed by atoms with Crippen LogP contribution in [0.4, 0.5) is 4.39 Å². The third-order valence-electron chi connectivity index (χ3n) is 3.55. The molecular weight excluding hydrogens is 333 g/mol. The Labute approximate surface area is 142 Å². The number of ether oxygens (including phenoxy) is 1. The lowest BCUT2D eigenvalue weighted by molar-refractivity contribution is 0.0600. The molecule has 0 aliphatic heterocycles. The van der Waals surface area contributed by atoms with Crippen LogP contribution >= 0.6 is 11.6 Å². The van der Waals surface area contributed by atoms with Crippen LogP contribution in [0.1, 0.15) is 15.9 Å². The van der Waals surface area contributed by atoms with E-state index >= 15 is 0 Å². The van der Waals surface area contributed by atoms with E-state index in [0.717, 1.165) is 17.3 Å². The third kappa shape index (κ3) is 3.00. The second kappa shape index (κ2) is 6.41. The number of carbonyl (C=O) groups is 1. The second-order valence-electron chi connectivity index (χ2n) is 5.13. The van der Waals surface area contributed by atoms with Crippen LogP contribution in [0.25, 0.3) is 22.8 Å². The number of carbonyl (C=O) groups excluding carboxylic acids is 1. The van der Waals surface area contributed by atoms with Crippen LogP contribution in [0.5, 0.6) is 0 Å². The number of esters is 1. The van der Waals surface area contributed by atoms with E-state index in [2.05, 4.69) is 15.0 Å². The van der Waals surface area contributed by atoms with E-state index in [1.54, 1.807) is 18.2 Å². The van der Waals surface area contributed by atoms with Crippen molar-refractivity contribution in [1.82, 2.24) is 15.0 Å². The average molecular weight is 346 g/mol. The number of benzene rings is 1. The van der Waals surface area contributed by atoms with Crippen LogP contribution in [0.3, 0.4) is 0 Å². The van der Waals surface area contributed by atoms with Gasteiger partial charge in [-0.1, -0.05) is 17.7 Å². The molecule has 3 aromatic rings. The first-order valence-corrected chi connectivity index (χ1v) is 7.44. The Balaban J connectivity index is 2.01. The summed E-state index contributed by atoms with van der Waals surface area (Å²) in [6.45, 7) is 1.86. The quantitative estimate of drug-likeness (QED) is 0.728. The molecule has 0 aliphatic rings. The Hall–Kier alpha value is -2.73. The van der Waals surface area contributed by atoms with E-state index < -0.39 is 11.8 Å². The molecule has 0 amide bonds. The summed E-state index contributed by atoms with van der Waals surface area (Å²) in [7, 11) is 1.33. The molecule has 0 fully saturated rings. The van der Waals surface area contributed by atoms with E-state index in [4.69, 9.17) is 16.3 Å². The number of rotatable bonds is 3. The number of hydrogen-bond acceptors (Lipinski definition) is 4. The van der Waals surface area contributed by atoms with E-state index in [1.165, 1.54) is 19.2 Å². The summed E-state index contributed by atoms with van der Waals surface area (Å²) in [6.07, 6.45) is 1.11. The zero-order valence-corrected chi connectivity index (χ0v) is 13.7. The maximum absolute atomic E-state index is 13.0. The van der Waals surface area contributed by atoms with Crippen LogP contribution in [0, 0.1) is 12.7 Å². The van der Waals surface area contributed by atoms with Gasteiger partial charge < -0.3 is 9.72 Å². The number of pyridine rings is 1. The average Bonchev–Trinajstić information content (AvgIpc) is 2.96. The molecule has 0 saturated heterocycles. The van der Waals surface area contributed by atoms with E-state index in [0.29, 0.717) is 22.8 Å². The summed E-state index contributed by atoms with van der Waals surface area (Å²) in [5.41, 5.74) is 3.17. The van der Waals surface area contributed by atoms with E-state index in [1.807, 2.05) is 6.92 Å². The standard InChI is InChI=1S/C17H13ClFN3O2/c1-9-7-10(17(23)24-2)3-5-12(9)14-15(18)22-16(21-14)13-6-4-11(19)8-20-13/h3-8H,1-2H3,(H,21,22). The highest BCUT2D eigenvalue weighted by Gasteiger charge is 2.16. The minimum Gasteiger partial charge on any atom is -0.465 e. The number of aryl methyl sites for hydroxylation is 1. The van der Waals surface area contributed by atoms with Crippen molar-refractivity contribution in [2.24, 2.45) is 0 Å². The van der Waals surface area contributed by atoms with Gasteiger partial charge >= 0.3 is 5.97 Å². The Kier molecular flexibility index (Phi) is 4.31. The highest BCUT2D eigenvalue weighted by molar-refractivity contribution is 6.32. The van der Waals surface area contributed by atoms with Gasteiger partial charge in [0.2, 0.25) is 0 Å². The Bertz CT molecular complexity index is 907. The number of nitrogens with one attached hydrogen (secondary N) is 1. The molecule has 0 atom stereocenters. The summed E-state index contributed by atoms with van der Waals surface area (Å²) < 4.78 is 17.7. The van der Waals surface area contributed by atoms with Crippen molar-refractivity contribution < 1.29 is 13.9 Å². The summed E-state index contributed by atoms with van der Waals surface area (Å²) in [6, 6.07) is 7.95. The van der Waals surface area contributed by atoms with Crippen LogP contribution < -0.4 is 0 Å². The van der Waals surface area contributed by atoms with Crippen molar-refractivity contribution in [3.8, 4) is 22.8 Å². The van der Waals surface area contributed by atoms with Gasteiger partial charge in [-0.2, -0.15) is 0 Å². The molecule has 0 saturated carbocycles. The fraction of sp³-hybridized carbons (Fsp3) is 0.118. The maximum Gasteiger partial charge on any atom is 0.337 e. The number of methoxy groups -OCH3 is 1. The van der Waals surface area contributed by atoms with Crippen LogP contribution in [-0.2, 0) is 4.74 Å². The second-order valence-corrected chi connectivity index (χ2v) is 5.49.